The molecule has 3 nitrogen and oxygen atoms in total. The van der Waals surface area contributed by atoms with Crippen LogP contribution in [0.3, 0.4) is 0 Å². The van der Waals surface area contributed by atoms with Gasteiger partial charge in [0.15, 0.2) is 0 Å². The maximum Gasteiger partial charge on any atom is 0.226 e. The molecule has 16 heavy (non-hydrogen) atoms. The normalized spacial score (nSPS) is 24.8. The van der Waals surface area contributed by atoms with Gasteiger partial charge in [-0.1, -0.05) is 37.3 Å². The second kappa shape index (κ2) is 4.47. The third-order valence-corrected chi connectivity index (χ3v) is 3.17. The Morgan fingerprint density at radius 1 is 1.38 bits per heavy atom. The van der Waals surface area contributed by atoms with Crippen LogP contribution in [0.1, 0.15) is 12.5 Å². The molecular formula is C13H15NO2. The van der Waals surface area contributed by atoms with Gasteiger partial charge in [-0.2, -0.15) is 0 Å². The molecule has 84 valence electrons. The smallest absolute Gasteiger partial charge is 0.226 e. The number of hydrogen-bond acceptors (Lipinski definition) is 2. The number of rotatable bonds is 3. The molecule has 0 N–H and O–H groups in total. The van der Waals surface area contributed by atoms with E-state index in [4.69, 9.17) is 0 Å². The molecule has 1 aliphatic heterocycles. The largest absolute Gasteiger partial charge is 0.337 e. The highest BCUT2D eigenvalue weighted by atomic mass is 16.2. The number of carbonyl (C=O) groups excluding carboxylic acids is 2. The Bertz CT molecular complexity index is 388. The van der Waals surface area contributed by atoms with Crippen LogP contribution in [-0.2, 0) is 16.1 Å². The second-order valence-corrected chi connectivity index (χ2v) is 4.29. The zero-order valence-corrected chi connectivity index (χ0v) is 9.30. The van der Waals surface area contributed by atoms with Crippen LogP contribution in [0.2, 0.25) is 0 Å². The van der Waals surface area contributed by atoms with E-state index in [1.807, 2.05) is 37.3 Å². The molecule has 0 radical (unpaired) electrons. The number of nitrogens with zero attached hydrogens (tertiary/aromatic N) is 1. The Hall–Kier alpha value is -1.64. The monoisotopic (exact) mass is 217 g/mol. The van der Waals surface area contributed by atoms with E-state index in [0.29, 0.717) is 13.1 Å². The van der Waals surface area contributed by atoms with Crippen molar-refractivity contribution in [3.8, 4) is 0 Å². The van der Waals surface area contributed by atoms with Crippen molar-refractivity contribution < 1.29 is 9.59 Å². The number of carbonyl (C=O) groups is 2. The first-order valence-corrected chi connectivity index (χ1v) is 5.50. The Balaban J connectivity index is 2.07. The summed E-state index contributed by atoms with van der Waals surface area (Å²) in [4.78, 5) is 24.4. The van der Waals surface area contributed by atoms with Crippen molar-refractivity contribution in [2.24, 2.45) is 11.8 Å². The third kappa shape index (κ3) is 1.98. The van der Waals surface area contributed by atoms with Crippen LogP contribution in [0.5, 0.6) is 0 Å². The molecule has 2 rings (SSSR count). The molecule has 3 heteroatoms. The Morgan fingerprint density at radius 2 is 2.06 bits per heavy atom. The van der Waals surface area contributed by atoms with Crippen LogP contribution in [0.4, 0.5) is 0 Å². The van der Waals surface area contributed by atoms with Gasteiger partial charge in [0.2, 0.25) is 5.91 Å². The zero-order valence-electron chi connectivity index (χ0n) is 9.30. The van der Waals surface area contributed by atoms with Gasteiger partial charge in [-0.05, 0) is 5.56 Å². The van der Waals surface area contributed by atoms with E-state index in [9.17, 15) is 9.59 Å². The fraction of sp³-hybridized carbons (Fsp3) is 0.385. The Labute approximate surface area is 95.1 Å². The van der Waals surface area contributed by atoms with E-state index < -0.39 is 0 Å². The van der Waals surface area contributed by atoms with Crippen LogP contribution >= 0.6 is 0 Å². The van der Waals surface area contributed by atoms with Crippen LogP contribution in [0.25, 0.3) is 0 Å². The fourth-order valence-corrected chi connectivity index (χ4v) is 2.08. The van der Waals surface area contributed by atoms with Crippen LogP contribution in [-0.4, -0.2) is 23.6 Å². The predicted molar refractivity (Wildman–Crippen MR) is 60.6 cm³/mol. The molecule has 1 saturated heterocycles. The standard InChI is InChI=1S/C13H15NO2/c1-10-12(9-15)8-14(13(10)16)7-11-5-3-2-4-6-11/h2-6,9-10,12H,7-8H2,1H3/t10-,12+/m1/s1. The topological polar surface area (TPSA) is 37.4 Å². The molecule has 0 saturated carbocycles. The average molecular weight is 217 g/mol. The Kier molecular flexibility index (Phi) is 3.04. The predicted octanol–water partition coefficient (Wildman–Crippen LogP) is 1.48. The molecule has 1 fully saturated rings. The van der Waals surface area contributed by atoms with Gasteiger partial charge in [0.1, 0.15) is 6.29 Å². The van der Waals surface area contributed by atoms with Crippen molar-refractivity contribution in [3.05, 3.63) is 35.9 Å². The molecule has 1 aliphatic rings. The highest BCUT2D eigenvalue weighted by Crippen LogP contribution is 2.24. The minimum absolute atomic E-state index is 0.0842. The summed E-state index contributed by atoms with van der Waals surface area (Å²) in [7, 11) is 0. The molecule has 1 aromatic carbocycles. The molecule has 1 heterocycles. The van der Waals surface area contributed by atoms with Crippen molar-refractivity contribution in [3.63, 3.8) is 0 Å². The molecule has 0 spiro atoms. The SMILES string of the molecule is C[C@H]1C(=O)N(Cc2ccccc2)C[C@H]1C=O. The number of likely N-dealkylation sites (tertiary alicyclic amines) is 1. The lowest BCUT2D eigenvalue weighted by atomic mass is 10.00. The molecule has 2 atom stereocenters. The summed E-state index contributed by atoms with van der Waals surface area (Å²) >= 11 is 0. The molecule has 0 unspecified atom stereocenters. The van der Waals surface area contributed by atoms with Crippen molar-refractivity contribution in [1.29, 1.82) is 0 Å². The second-order valence-electron chi connectivity index (χ2n) is 4.29. The summed E-state index contributed by atoms with van der Waals surface area (Å²) in [5.41, 5.74) is 1.11. The summed E-state index contributed by atoms with van der Waals surface area (Å²) in [6, 6.07) is 9.84. The number of aldehydes is 1. The molecule has 1 amide bonds. The molecule has 0 bridgehead atoms. The van der Waals surface area contributed by atoms with Gasteiger partial charge in [-0.25, -0.2) is 0 Å². The van der Waals surface area contributed by atoms with E-state index in [2.05, 4.69) is 0 Å². The van der Waals surface area contributed by atoms with Gasteiger partial charge in [-0.15, -0.1) is 0 Å². The summed E-state index contributed by atoms with van der Waals surface area (Å²) in [6.07, 6.45) is 0.896. The van der Waals surface area contributed by atoms with Crippen LogP contribution in [0.15, 0.2) is 30.3 Å². The van der Waals surface area contributed by atoms with E-state index in [0.717, 1.165) is 11.8 Å². The third-order valence-electron chi connectivity index (χ3n) is 3.17. The van der Waals surface area contributed by atoms with E-state index >= 15 is 0 Å². The summed E-state index contributed by atoms with van der Waals surface area (Å²) in [6.45, 7) is 2.99. The zero-order chi connectivity index (χ0) is 11.5. The molecular weight excluding hydrogens is 202 g/mol. The van der Waals surface area contributed by atoms with Gasteiger partial charge in [-0.3, -0.25) is 4.79 Å². The van der Waals surface area contributed by atoms with Crippen molar-refractivity contribution in [1.82, 2.24) is 4.90 Å². The summed E-state index contributed by atoms with van der Waals surface area (Å²) < 4.78 is 0. The number of amides is 1. The molecule has 1 aromatic rings. The van der Waals surface area contributed by atoms with Gasteiger partial charge in [0.25, 0.3) is 0 Å². The first-order valence-electron chi connectivity index (χ1n) is 5.50. The van der Waals surface area contributed by atoms with Crippen molar-refractivity contribution >= 4 is 12.2 Å². The summed E-state index contributed by atoms with van der Waals surface area (Å²) in [5.74, 6) is -0.224. The maximum absolute atomic E-state index is 11.8. The highest BCUT2D eigenvalue weighted by molar-refractivity contribution is 5.85. The van der Waals surface area contributed by atoms with Crippen LogP contribution in [0, 0.1) is 11.8 Å². The lowest BCUT2D eigenvalue weighted by Crippen LogP contribution is -2.26. The minimum atomic E-state index is -0.166. The first-order chi connectivity index (χ1) is 7.72. The number of hydrogen-bond donors (Lipinski definition) is 0. The van der Waals surface area contributed by atoms with Gasteiger partial charge >= 0.3 is 0 Å². The quantitative estimate of drug-likeness (QED) is 0.719. The Morgan fingerprint density at radius 3 is 2.62 bits per heavy atom. The molecule has 0 aromatic heterocycles. The fourth-order valence-electron chi connectivity index (χ4n) is 2.08. The molecule has 0 aliphatic carbocycles. The van der Waals surface area contributed by atoms with Gasteiger partial charge in [0, 0.05) is 24.9 Å². The number of benzene rings is 1. The lowest BCUT2D eigenvalue weighted by Gasteiger charge is -2.15. The van der Waals surface area contributed by atoms with Gasteiger partial charge in [0.05, 0.1) is 0 Å². The van der Waals surface area contributed by atoms with Crippen molar-refractivity contribution in [2.75, 3.05) is 6.54 Å². The average Bonchev–Trinajstić information content (AvgIpc) is 2.58. The van der Waals surface area contributed by atoms with Crippen LogP contribution < -0.4 is 0 Å². The van der Waals surface area contributed by atoms with Crippen molar-refractivity contribution in [2.45, 2.75) is 13.5 Å². The van der Waals surface area contributed by atoms with E-state index in [1.54, 1.807) is 4.90 Å². The first kappa shape index (κ1) is 10.9. The lowest BCUT2D eigenvalue weighted by molar-refractivity contribution is -0.131. The van der Waals surface area contributed by atoms with E-state index in [-0.39, 0.29) is 17.7 Å². The minimum Gasteiger partial charge on any atom is -0.337 e. The maximum atomic E-state index is 11.8. The van der Waals surface area contributed by atoms with Gasteiger partial charge < -0.3 is 9.69 Å². The summed E-state index contributed by atoms with van der Waals surface area (Å²) in [5, 5.41) is 0. The van der Waals surface area contributed by atoms with E-state index in [1.165, 1.54) is 0 Å². The highest BCUT2D eigenvalue weighted by Gasteiger charge is 2.36.